The second kappa shape index (κ2) is 11.9. The van der Waals surface area contributed by atoms with Crippen molar-refractivity contribution in [3.63, 3.8) is 0 Å². The minimum absolute atomic E-state index is 0.698. The summed E-state index contributed by atoms with van der Waals surface area (Å²) in [7, 11) is 0. The van der Waals surface area contributed by atoms with Gasteiger partial charge in [0.15, 0.2) is 5.82 Å². The van der Waals surface area contributed by atoms with Gasteiger partial charge in [-0.2, -0.15) is 0 Å². The summed E-state index contributed by atoms with van der Waals surface area (Å²) in [5, 5.41) is 4.96. The zero-order valence-electron chi connectivity index (χ0n) is 29.0. The summed E-state index contributed by atoms with van der Waals surface area (Å²) in [5.41, 5.74) is 14.1. The van der Waals surface area contributed by atoms with Crippen molar-refractivity contribution < 1.29 is 0 Å². The lowest BCUT2D eigenvalue weighted by atomic mass is 10.0. The summed E-state index contributed by atoms with van der Waals surface area (Å²) < 4.78 is 4.82. The Labute approximate surface area is 301 Å². The highest BCUT2D eigenvalue weighted by atomic mass is 15.0. The van der Waals surface area contributed by atoms with Crippen LogP contribution in [0.4, 0.5) is 0 Å². The van der Waals surface area contributed by atoms with Gasteiger partial charge in [-0.05, 0) is 74.5 Å². The molecular formula is C48H34N4. The third-order valence-corrected chi connectivity index (χ3v) is 10.2. The topological polar surface area (TPSA) is 35.6 Å². The molecule has 0 aliphatic rings. The Hall–Kier alpha value is -6.78. The van der Waals surface area contributed by atoms with Crippen LogP contribution in [0.1, 0.15) is 11.1 Å². The van der Waals surface area contributed by atoms with E-state index >= 15 is 0 Å². The van der Waals surface area contributed by atoms with Gasteiger partial charge in [-0.1, -0.05) is 120 Å². The van der Waals surface area contributed by atoms with Crippen LogP contribution in [-0.2, 0) is 0 Å². The van der Waals surface area contributed by atoms with Crippen molar-refractivity contribution in [2.45, 2.75) is 13.8 Å². The number of fused-ring (bicyclic) bond motifs is 6. The fourth-order valence-electron chi connectivity index (χ4n) is 7.80. The minimum Gasteiger partial charge on any atom is -0.309 e. The van der Waals surface area contributed by atoms with Crippen LogP contribution in [0, 0.1) is 13.8 Å². The summed E-state index contributed by atoms with van der Waals surface area (Å²) in [4.78, 5) is 10.4. The van der Waals surface area contributed by atoms with Gasteiger partial charge in [0.2, 0.25) is 0 Å². The molecular weight excluding hydrogens is 633 g/mol. The summed E-state index contributed by atoms with van der Waals surface area (Å²) in [6, 6.07) is 60.7. The number of benzene rings is 7. The fraction of sp³-hybridized carbons (Fsp3) is 0.0417. The molecule has 0 spiro atoms. The zero-order valence-corrected chi connectivity index (χ0v) is 29.0. The van der Waals surface area contributed by atoms with Gasteiger partial charge in [-0.3, -0.25) is 0 Å². The van der Waals surface area contributed by atoms with E-state index < -0.39 is 0 Å². The fourth-order valence-corrected chi connectivity index (χ4v) is 7.80. The van der Waals surface area contributed by atoms with E-state index in [1.54, 1.807) is 0 Å². The van der Waals surface area contributed by atoms with E-state index in [0.717, 1.165) is 39.5 Å². The molecule has 0 atom stereocenters. The third kappa shape index (κ3) is 4.91. The highest BCUT2D eigenvalue weighted by Gasteiger charge is 2.19. The number of nitrogens with zero attached hydrogens (tertiary/aromatic N) is 4. The van der Waals surface area contributed by atoms with Crippen molar-refractivity contribution in [1.29, 1.82) is 0 Å². The average Bonchev–Trinajstić information content (AvgIpc) is 3.70. The Morgan fingerprint density at radius 2 is 0.788 bits per heavy atom. The molecule has 0 aliphatic carbocycles. The number of para-hydroxylation sites is 2. The van der Waals surface area contributed by atoms with Crippen LogP contribution >= 0.6 is 0 Å². The summed E-state index contributed by atoms with van der Waals surface area (Å²) >= 11 is 0. The van der Waals surface area contributed by atoms with E-state index in [9.17, 15) is 0 Å². The Bertz CT molecular complexity index is 2770. The standard InChI is InChI=1S/C48H34N4/c1-31-21-23-46-40(25-31)38-17-9-11-19-44(38)51(46)36-27-35(28-37(29-36)52-45-20-12-10-18-39(45)41-26-32(2)22-24-47(41)52)43-30-42(33-13-5-3-6-14-33)49-48(50-43)34-15-7-4-8-16-34/h3-30H,1-2H3. The highest BCUT2D eigenvalue weighted by Crippen LogP contribution is 2.38. The van der Waals surface area contributed by atoms with Crippen LogP contribution in [0.25, 0.3) is 88.9 Å². The predicted octanol–water partition coefficient (Wildman–Crippen LogP) is 12.3. The van der Waals surface area contributed by atoms with E-state index in [-0.39, 0.29) is 0 Å². The molecule has 0 fully saturated rings. The molecule has 0 aliphatic heterocycles. The molecule has 246 valence electrons. The first-order valence-corrected chi connectivity index (χ1v) is 17.7. The number of hydrogen-bond acceptors (Lipinski definition) is 2. The minimum atomic E-state index is 0.698. The molecule has 4 nitrogen and oxygen atoms in total. The molecule has 0 bridgehead atoms. The van der Waals surface area contributed by atoms with E-state index in [0.29, 0.717) is 5.82 Å². The van der Waals surface area contributed by atoms with Gasteiger partial charge >= 0.3 is 0 Å². The molecule has 0 N–H and O–H groups in total. The van der Waals surface area contributed by atoms with Crippen LogP contribution in [-0.4, -0.2) is 19.1 Å². The molecule has 4 heteroatoms. The van der Waals surface area contributed by atoms with Gasteiger partial charge < -0.3 is 9.13 Å². The van der Waals surface area contributed by atoms with Gasteiger partial charge in [0.1, 0.15) is 0 Å². The average molecular weight is 667 g/mol. The van der Waals surface area contributed by atoms with Crippen molar-refractivity contribution in [2.75, 3.05) is 0 Å². The number of rotatable bonds is 5. The Kier molecular flexibility index (Phi) is 6.90. The molecule has 10 aromatic rings. The molecule has 0 saturated carbocycles. The lowest BCUT2D eigenvalue weighted by molar-refractivity contribution is 1.13. The van der Waals surface area contributed by atoms with Gasteiger partial charge in [0.25, 0.3) is 0 Å². The Morgan fingerprint density at radius 1 is 0.346 bits per heavy atom. The largest absolute Gasteiger partial charge is 0.309 e. The second-order valence-electron chi connectivity index (χ2n) is 13.7. The maximum Gasteiger partial charge on any atom is 0.160 e. The van der Waals surface area contributed by atoms with Gasteiger partial charge in [-0.15, -0.1) is 0 Å². The van der Waals surface area contributed by atoms with E-state index in [1.807, 2.05) is 24.3 Å². The van der Waals surface area contributed by atoms with Crippen LogP contribution < -0.4 is 0 Å². The van der Waals surface area contributed by atoms with Crippen molar-refractivity contribution in [2.24, 2.45) is 0 Å². The molecule has 0 unspecified atom stereocenters. The first-order valence-electron chi connectivity index (χ1n) is 17.7. The molecule has 3 aromatic heterocycles. The molecule has 7 aromatic carbocycles. The smallest absolute Gasteiger partial charge is 0.160 e. The van der Waals surface area contributed by atoms with Crippen molar-refractivity contribution >= 4 is 43.6 Å². The second-order valence-corrected chi connectivity index (χ2v) is 13.7. The monoisotopic (exact) mass is 666 g/mol. The third-order valence-electron chi connectivity index (χ3n) is 10.2. The van der Waals surface area contributed by atoms with Gasteiger partial charge in [0, 0.05) is 49.6 Å². The predicted molar refractivity (Wildman–Crippen MR) is 216 cm³/mol. The quantitative estimate of drug-likeness (QED) is 0.183. The normalized spacial score (nSPS) is 11.7. The first-order chi connectivity index (χ1) is 25.6. The summed E-state index contributed by atoms with van der Waals surface area (Å²) in [6.45, 7) is 4.33. The summed E-state index contributed by atoms with van der Waals surface area (Å²) in [5.74, 6) is 0.698. The molecule has 0 radical (unpaired) electrons. The maximum absolute atomic E-state index is 5.29. The van der Waals surface area contributed by atoms with Crippen LogP contribution in [0.15, 0.2) is 170 Å². The molecule has 10 rings (SSSR count). The first kappa shape index (κ1) is 30.1. The lowest BCUT2D eigenvalue weighted by Crippen LogP contribution is -2.01. The number of hydrogen-bond donors (Lipinski definition) is 0. The number of aryl methyl sites for hydroxylation is 2. The lowest BCUT2D eigenvalue weighted by Gasteiger charge is -2.16. The SMILES string of the molecule is Cc1ccc2c(c1)c1ccccc1n2-c1cc(-c2cc(-c3ccccc3)nc(-c3ccccc3)n2)cc(-n2c3ccccc3c3cc(C)ccc32)c1. The Balaban J connectivity index is 1.32. The highest BCUT2D eigenvalue weighted by molar-refractivity contribution is 6.11. The Morgan fingerprint density at radius 3 is 1.33 bits per heavy atom. The zero-order chi connectivity index (χ0) is 34.8. The van der Waals surface area contributed by atoms with Crippen molar-refractivity contribution in [1.82, 2.24) is 19.1 Å². The van der Waals surface area contributed by atoms with Gasteiger partial charge in [0.05, 0.1) is 33.5 Å². The van der Waals surface area contributed by atoms with E-state index in [2.05, 4.69) is 169 Å². The van der Waals surface area contributed by atoms with Crippen LogP contribution in [0.2, 0.25) is 0 Å². The van der Waals surface area contributed by atoms with Crippen molar-refractivity contribution in [3.8, 4) is 45.3 Å². The number of aromatic nitrogens is 4. The molecule has 0 amide bonds. The van der Waals surface area contributed by atoms with Crippen molar-refractivity contribution in [3.05, 3.63) is 181 Å². The van der Waals surface area contributed by atoms with Crippen LogP contribution in [0.3, 0.4) is 0 Å². The summed E-state index contributed by atoms with van der Waals surface area (Å²) in [6.07, 6.45) is 0. The maximum atomic E-state index is 5.29. The molecule has 52 heavy (non-hydrogen) atoms. The van der Waals surface area contributed by atoms with Gasteiger partial charge in [-0.25, -0.2) is 9.97 Å². The van der Waals surface area contributed by atoms with E-state index in [1.165, 1.54) is 54.7 Å². The molecule has 0 saturated heterocycles. The van der Waals surface area contributed by atoms with E-state index in [4.69, 9.17) is 9.97 Å². The molecule has 3 heterocycles. The van der Waals surface area contributed by atoms with Crippen LogP contribution in [0.5, 0.6) is 0 Å².